The Hall–Kier alpha value is -2.36. The number of allylic oxidation sites excluding steroid dienone is 10. The summed E-state index contributed by atoms with van der Waals surface area (Å²) in [5.74, 6) is -1.53. The van der Waals surface area contributed by atoms with Gasteiger partial charge in [0.1, 0.15) is 0 Å². The second kappa shape index (κ2) is 19.4. The molecule has 1 atom stereocenters. The smallest absolute Gasteiger partial charge is 0.345 e. The molecule has 0 heterocycles. The van der Waals surface area contributed by atoms with Gasteiger partial charge >= 0.3 is 11.9 Å². The molecular formula is C24H36O4. The van der Waals surface area contributed by atoms with Crippen molar-refractivity contribution >= 4 is 11.9 Å². The molecule has 0 spiro atoms. The van der Waals surface area contributed by atoms with Gasteiger partial charge in [0.25, 0.3) is 0 Å². The number of hydrogen-bond donors (Lipinski definition) is 1. The van der Waals surface area contributed by atoms with Crippen LogP contribution in [0.5, 0.6) is 0 Å². The third-order valence-electron chi connectivity index (χ3n) is 3.83. The minimum absolute atomic E-state index is 0.248. The maximum atomic E-state index is 11.5. The van der Waals surface area contributed by atoms with Crippen molar-refractivity contribution in [3.8, 4) is 0 Å². The summed E-state index contributed by atoms with van der Waals surface area (Å²) in [6.07, 6.45) is 27.3. The van der Waals surface area contributed by atoms with Gasteiger partial charge < -0.3 is 9.84 Å². The third kappa shape index (κ3) is 17.1. The molecule has 0 aliphatic rings. The molecule has 0 radical (unpaired) electrons. The van der Waals surface area contributed by atoms with Gasteiger partial charge in [-0.1, -0.05) is 74.6 Å². The van der Waals surface area contributed by atoms with Crippen LogP contribution >= 0.6 is 0 Å². The van der Waals surface area contributed by atoms with Crippen molar-refractivity contribution in [2.45, 2.75) is 77.7 Å². The zero-order chi connectivity index (χ0) is 20.9. The SMILES string of the molecule is CC/C=C\C/C=C\C/C=C\C/C=C\C/C=C\CCCC(=O)OC(CC)C(=O)O. The zero-order valence-corrected chi connectivity index (χ0v) is 17.4. The average molecular weight is 389 g/mol. The number of carbonyl (C=O) groups excluding carboxylic acids is 1. The summed E-state index contributed by atoms with van der Waals surface area (Å²) < 4.78 is 4.90. The number of carboxylic acids is 1. The topological polar surface area (TPSA) is 63.6 Å². The van der Waals surface area contributed by atoms with E-state index in [0.29, 0.717) is 6.42 Å². The molecule has 4 heteroatoms. The van der Waals surface area contributed by atoms with Crippen LogP contribution in [0.1, 0.15) is 71.6 Å². The summed E-state index contributed by atoms with van der Waals surface area (Å²) in [6.45, 7) is 3.82. The Kier molecular flexibility index (Phi) is 17.8. The maximum Gasteiger partial charge on any atom is 0.345 e. The lowest BCUT2D eigenvalue weighted by atomic mass is 10.2. The Bertz CT molecular complexity index is 553. The number of rotatable bonds is 16. The molecular weight excluding hydrogens is 352 g/mol. The van der Waals surface area contributed by atoms with Crippen LogP contribution in [0.2, 0.25) is 0 Å². The quantitative estimate of drug-likeness (QED) is 0.191. The van der Waals surface area contributed by atoms with Crippen LogP contribution in [0.15, 0.2) is 60.8 Å². The molecule has 28 heavy (non-hydrogen) atoms. The predicted molar refractivity (Wildman–Crippen MR) is 116 cm³/mol. The number of carbonyl (C=O) groups is 2. The fourth-order valence-electron chi connectivity index (χ4n) is 2.26. The van der Waals surface area contributed by atoms with E-state index >= 15 is 0 Å². The fourth-order valence-corrected chi connectivity index (χ4v) is 2.26. The number of carboxylic acid groups (broad SMARTS) is 1. The Morgan fingerprint density at radius 1 is 0.786 bits per heavy atom. The van der Waals surface area contributed by atoms with Crippen LogP contribution in [-0.4, -0.2) is 23.1 Å². The highest BCUT2D eigenvalue weighted by Crippen LogP contribution is 2.05. The molecule has 1 unspecified atom stereocenters. The van der Waals surface area contributed by atoms with Crippen LogP contribution in [0.4, 0.5) is 0 Å². The van der Waals surface area contributed by atoms with Gasteiger partial charge in [-0.3, -0.25) is 4.79 Å². The van der Waals surface area contributed by atoms with Crippen molar-refractivity contribution in [2.24, 2.45) is 0 Å². The molecule has 0 aromatic rings. The first-order valence-electron chi connectivity index (χ1n) is 10.3. The summed E-state index contributed by atoms with van der Waals surface area (Å²) >= 11 is 0. The number of esters is 1. The molecule has 0 fully saturated rings. The van der Waals surface area contributed by atoms with E-state index in [2.05, 4.69) is 61.6 Å². The highest BCUT2D eigenvalue weighted by atomic mass is 16.6. The van der Waals surface area contributed by atoms with E-state index in [1.165, 1.54) is 0 Å². The summed E-state index contributed by atoms with van der Waals surface area (Å²) in [4.78, 5) is 22.3. The first kappa shape index (κ1) is 25.6. The van der Waals surface area contributed by atoms with Crippen LogP contribution in [0.25, 0.3) is 0 Å². The van der Waals surface area contributed by atoms with Gasteiger partial charge in [-0.15, -0.1) is 0 Å². The lowest BCUT2D eigenvalue weighted by Gasteiger charge is -2.10. The number of ether oxygens (including phenoxy) is 1. The second-order valence-electron chi connectivity index (χ2n) is 6.33. The van der Waals surface area contributed by atoms with E-state index in [9.17, 15) is 9.59 Å². The summed E-state index contributed by atoms with van der Waals surface area (Å²) in [5.41, 5.74) is 0. The first-order chi connectivity index (χ1) is 13.6. The summed E-state index contributed by atoms with van der Waals surface area (Å²) in [5, 5.41) is 8.84. The Labute approximate surface area is 170 Å². The average Bonchev–Trinajstić information content (AvgIpc) is 2.68. The standard InChI is InChI=1S/C24H36O4/c1-3-5-6-7-8-9-10-11-12-13-14-15-16-17-18-19-20-21-23(25)28-22(4-2)24(26)27/h5-6,8-9,11-12,14-15,17-18,22H,3-4,7,10,13,16,19-21H2,1-2H3,(H,26,27)/b6-5-,9-8-,12-11-,15-14-,18-17-. The monoisotopic (exact) mass is 388 g/mol. The van der Waals surface area contributed by atoms with Gasteiger partial charge in [0.2, 0.25) is 0 Å². The minimum Gasteiger partial charge on any atom is -0.479 e. The van der Waals surface area contributed by atoms with Crippen LogP contribution in [-0.2, 0) is 14.3 Å². The molecule has 4 nitrogen and oxygen atoms in total. The number of aliphatic carboxylic acids is 1. The molecule has 1 N–H and O–H groups in total. The lowest BCUT2D eigenvalue weighted by Crippen LogP contribution is -2.26. The van der Waals surface area contributed by atoms with Gasteiger partial charge in [0, 0.05) is 6.42 Å². The van der Waals surface area contributed by atoms with Crippen LogP contribution in [0.3, 0.4) is 0 Å². The van der Waals surface area contributed by atoms with Crippen molar-refractivity contribution in [2.75, 3.05) is 0 Å². The predicted octanol–water partition coefficient (Wildman–Crippen LogP) is 6.31. The summed E-state index contributed by atoms with van der Waals surface area (Å²) in [7, 11) is 0. The summed E-state index contributed by atoms with van der Waals surface area (Å²) in [6, 6.07) is 0. The van der Waals surface area contributed by atoms with E-state index in [4.69, 9.17) is 9.84 Å². The molecule has 0 aliphatic carbocycles. The van der Waals surface area contributed by atoms with Crippen molar-refractivity contribution in [3.05, 3.63) is 60.8 Å². The molecule has 0 bridgehead atoms. The van der Waals surface area contributed by atoms with Gasteiger partial charge in [-0.2, -0.15) is 0 Å². The minimum atomic E-state index is -1.09. The van der Waals surface area contributed by atoms with E-state index in [-0.39, 0.29) is 12.8 Å². The molecule has 0 amide bonds. The van der Waals surface area contributed by atoms with Crippen molar-refractivity contribution in [3.63, 3.8) is 0 Å². The van der Waals surface area contributed by atoms with Crippen molar-refractivity contribution in [1.82, 2.24) is 0 Å². The van der Waals surface area contributed by atoms with Gasteiger partial charge in [0.05, 0.1) is 0 Å². The van der Waals surface area contributed by atoms with Crippen molar-refractivity contribution < 1.29 is 19.4 Å². The Morgan fingerprint density at radius 3 is 1.68 bits per heavy atom. The molecule has 0 aromatic heterocycles. The van der Waals surface area contributed by atoms with Gasteiger partial charge in [-0.25, -0.2) is 4.79 Å². The van der Waals surface area contributed by atoms with Gasteiger partial charge in [-0.05, 0) is 51.4 Å². The van der Waals surface area contributed by atoms with E-state index in [0.717, 1.165) is 38.5 Å². The number of hydrogen-bond acceptors (Lipinski definition) is 3. The molecule has 0 aliphatic heterocycles. The highest BCUT2D eigenvalue weighted by molar-refractivity contribution is 5.77. The molecule has 0 saturated carbocycles. The Balaban J connectivity index is 3.66. The molecule has 156 valence electrons. The van der Waals surface area contributed by atoms with E-state index < -0.39 is 18.0 Å². The first-order valence-corrected chi connectivity index (χ1v) is 10.3. The molecule has 0 saturated heterocycles. The molecule has 0 aromatic carbocycles. The van der Waals surface area contributed by atoms with Crippen LogP contribution < -0.4 is 0 Å². The van der Waals surface area contributed by atoms with Gasteiger partial charge in [0.15, 0.2) is 6.10 Å². The number of unbranched alkanes of at least 4 members (excludes halogenated alkanes) is 1. The Morgan fingerprint density at radius 2 is 1.25 bits per heavy atom. The second-order valence-corrected chi connectivity index (χ2v) is 6.33. The third-order valence-corrected chi connectivity index (χ3v) is 3.83. The van der Waals surface area contributed by atoms with Crippen molar-refractivity contribution in [1.29, 1.82) is 0 Å². The lowest BCUT2D eigenvalue weighted by molar-refractivity contribution is -0.164. The zero-order valence-electron chi connectivity index (χ0n) is 17.4. The van der Waals surface area contributed by atoms with E-state index in [1.807, 2.05) is 6.08 Å². The normalized spacial score (nSPS) is 13.5. The largest absolute Gasteiger partial charge is 0.479 e. The maximum absolute atomic E-state index is 11.5. The van der Waals surface area contributed by atoms with Crippen LogP contribution in [0, 0.1) is 0 Å². The highest BCUT2D eigenvalue weighted by Gasteiger charge is 2.19. The fraction of sp³-hybridized carbons (Fsp3) is 0.500. The van der Waals surface area contributed by atoms with E-state index in [1.54, 1.807) is 6.92 Å². The molecule has 0 rings (SSSR count).